The van der Waals surface area contributed by atoms with Gasteiger partial charge >= 0.3 is 0 Å². The zero-order valence-electron chi connectivity index (χ0n) is 13.6. The number of amidine groups is 1. The van der Waals surface area contributed by atoms with Crippen LogP contribution < -0.4 is 11.1 Å². The predicted octanol–water partition coefficient (Wildman–Crippen LogP) is 2.41. The Hall–Kier alpha value is -1.26. The predicted molar refractivity (Wildman–Crippen MR) is 86.1 cm³/mol. The van der Waals surface area contributed by atoms with Crippen LogP contribution in [0.15, 0.2) is 5.16 Å². The van der Waals surface area contributed by atoms with Gasteiger partial charge in [-0.1, -0.05) is 24.4 Å². The quantitative estimate of drug-likeness (QED) is 0.449. The van der Waals surface area contributed by atoms with Gasteiger partial charge in [0, 0.05) is 12.0 Å². The maximum Gasteiger partial charge on any atom is 0.260 e. The van der Waals surface area contributed by atoms with E-state index in [0.29, 0.717) is 17.7 Å². The van der Waals surface area contributed by atoms with Crippen molar-refractivity contribution in [3.8, 4) is 0 Å². The number of nitrogens with two attached hydrogens (primary N) is 1. The van der Waals surface area contributed by atoms with Crippen LogP contribution in [0.1, 0.15) is 58.3 Å². The molecule has 0 heterocycles. The maximum atomic E-state index is 12.0. The zero-order chi connectivity index (χ0) is 15.5. The Balaban J connectivity index is 1.38. The molecule has 4 unspecified atom stereocenters. The molecular weight excluding hydrogens is 278 g/mol. The molecule has 3 aliphatic carbocycles. The van der Waals surface area contributed by atoms with Gasteiger partial charge in [0.15, 0.2) is 6.61 Å². The summed E-state index contributed by atoms with van der Waals surface area (Å²) in [6.45, 7) is 2.10. The molecule has 22 heavy (non-hydrogen) atoms. The molecule has 3 rings (SSSR count). The number of fused-ring (bicyclic) bond motifs is 2. The van der Waals surface area contributed by atoms with E-state index in [4.69, 9.17) is 10.6 Å². The Kier molecular flexibility index (Phi) is 4.89. The third-order valence-electron chi connectivity index (χ3n) is 5.96. The molecule has 0 aromatic carbocycles. The molecule has 5 heteroatoms. The highest BCUT2D eigenvalue weighted by molar-refractivity contribution is 5.82. The van der Waals surface area contributed by atoms with Crippen LogP contribution in [0.4, 0.5) is 0 Å². The topological polar surface area (TPSA) is 76.7 Å². The number of oxime groups is 1. The summed E-state index contributed by atoms with van der Waals surface area (Å²) >= 11 is 0. The SMILES string of the molecule is CC(NC(=O)CON=C(N)C1CCCC1)C1CC2CCC1C2. The number of carbonyl (C=O) groups excluding carboxylic acids is 1. The highest BCUT2D eigenvalue weighted by atomic mass is 16.6. The molecule has 3 saturated carbocycles. The second-order valence-corrected chi connectivity index (χ2v) is 7.47. The minimum atomic E-state index is -0.0850. The number of nitrogens with one attached hydrogen (secondary N) is 1. The van der Waals surface area contributed by atoms with Gasteiger partial charge in [-0.15, -0.1) is 0 Å². The molecule has 0 spiro atoms. The van der Waals surface area contributed by atoms with E-state index in [1.54, 1.807) is 0 Å². The molecule has 3 N–H and O–H groups in total. The van der Waals surface area contributed by atoms with Crippen molar-refractivity contribution in [2.45, 2.75) is 64.3 Å². The van der Waals surface area contributed by atoms with E-state index < -0.39 is 0 Å². The first-order chi connectivity index (χ1) is 10.6. The van der Waals surface area contributed by atoms with E-state index in [0.717, 1.165) is 24.7 Å². The average Bonchev–Trinajstić information content (AvgIpc) is 3.23. The highest BCUT2D eigenvalue weighted by Crippen LogP contribution is 2.49. The largest absolute Gasteiger partial charge is 0.384 e. The second kappa shape index (κ2) is 6.88. The molecule has 5 nitrogen and oxygen atoms in total. The summed E-state index contributed by atoms with van der Waals surface area (Å²) in [6.07, 6.45) is 9.97. The number of nitrogens with zero attached hydrogens (tertiary/aromatic N) is 1. The molecular formula is C17H29N3O2. The van der Waals surface area contributed by atoms with Crippen LogP contribution in [0, 0.1) is 23.7 Å². The fourth-order valence-electron chi connectivity index (χ4n) is 4.77. The monoisotopic (exact) mass is 307 g/mol. The van der Waals surface area contributed by atoms with Crippen LogP contribution in [0.25, 0.3) is 0 Å². The molecule has 0 radical (unpaired) electrons. The third-order valence-corrected chi connectivity index (χ3v) is 5.96. The molecule has 3 aliphatic rings. The number of hydrogen-bond donors (Lipinski definition) is 2. The first-order valence-electron chi connectivity index (χ1n) is 8.88. The molecule has 124 valence electrons. The summed E-state index contributed by atoms with van der Waals surface area (Å²) in [6, 6.07) is 0.238. The van der Waals surface area contributed by atoms with E-state index in [1.807, 2.05) is 0 Å². The summed E-state index contributed by atoms with van der Waals surface area (Å²) < 4.78 is 0. The van der Waals surface area contributed by atoms with E-state index >= 15 is 0 Å². The highest BCUT2D eigenvalue weighted by Gasteiger charge is 2.42. The van der Waals surface area contributed by atoms with Crippen molar-refractivity contribution >= 4 is 11.7 Å². The smallest absolute Gasteiger partial charge is 0.260 e. The summed E-state index contributed by atoms with van der Waals surface area (Å²) in [5.41, 5.74) is 5.90. The number of carbonyl (C=O) groups is 1. The van der Waals surface area contributed by atoms with E-state index in [2.05, 4.69) is 17.4 Å². The second-order valence-electron chi connectivity index (χ2n) is 7.47. The Morgan fingerprint density at radius 3 is 2.68 bits per heavy atom. The van der Waals surface area contributed by atoms with Gasteiger partial charge in [0.25, 0.3) is 5.91 Å². The third kappa shape index (κ3) is 3.55. The first-order valence-corrected chi connectivity index (χ1v) is 8.88. The lowest BCUT2D eigenvalue weighted by Gasteiger charge is -2.28. The van der Waals surface area contributed by atoms with Gasteiger partial charge in [-0.2, -0.15) is 0 Å². The van der Waals surface area contributed by atoms with Crippen molar-refractivity contribution in [1.29, 1.82) is 0 Å². The molecule has 4 atom stereocenters. The first kappa shape index (κ1) is 15.6. The van der Waals surface area contributed by atoms with E-state index in [-0.39, 0.29) is 18.6 Å². The van der Waals surface area contributed by atoms with Gasteiger partial charge in [-0.3, -0.25) is 4.79 Å². The number of hydrogen-bond acceptors (Lipinski definition) is 3. The van der Waals surface area contributed by atoms with E-state index in [9.17, 15) is 4.79 Å². The lowest BCUT2D eigenvalue weighted by atomic mass is 9.84. The Morgan fingerprint density at radius 1 is 1.27 bits per heavy atom. The zero-order valence-corrected chi connectivity index (χ0v) is 13.6. The van der Waals surface area contributed by atoms with Gasteiger partial charge in [0.1, 0.15) is 5.84 Å². The fraction of sp³-hybridized carbons (Fsp3) is 0.882. The molecule has 0 aromatic heterocycles. The molecule has 0 aromatic rings. The Morgan fingerprint density at radius 2 is 2.05 bits per heavy atom. The summed E-state index contributed by atoms with van der Waals surface area (Å²) in [7, 11) is 0. The average molecular weight is 307 g/mol. The Labute approximate surface area is 133 Å². The van der Waals surface area contributed by atoms with Crippen molar-refractivity contribution in [2.24, 2.45) is 34.6 Å². The lowest BCUT2D eigenvalue weighted by Crippen LogP contribution is -2.41. The van der Waals surface area contributed by atoms with Crippen molar-refractivity contribution < 1.29 is 9.63 Å². The van der Waals surface area contributed by atoms with Gasteiger partial charge in [0.2, 0.25) is 0 Å². The molecule has 2 bridgehead atoms. The van der Waals surface area contributed by atoms with Crippen LogP contribution in [-0.2, 0) is 9.63 Å². The molecule has 0 saturated heterocycles. The normalized spacial score (nSPS) is 33.1. The number of rotatable bonds is 6. The van der Waals surface area contributed by atoms with Crippen LogP contribution in [0.3, 0.4) is 0 Å². The van der Waals surface area contributed by atoms with E-state index in [1.165, 1.54) is 38.5 Å². The lowest BCUT2D eigenvalue weighted by molar-refractivity contribution is -0.126. The van der Waals surface area contributed by atoms with Crippen LogP contribution in [0.2, 0.25) is 0 Å². The molecule has 1 amide bonds. The van der Waals surface area contributed by atoms with Crippen LogP contribution in [-0.4, -0.2) is 24.4 Å². The minimum Gasteiger partial charge on any atom is -0.384 e. The van der Waals surface area contributed by atoms with Crippen molar-refractivity contribution in [1.82, 2.24) is 5.32 Å². The standard InChI is InChI=1S/C17H29N3O2/c1-11(15-9-12-6-7-14(15)8-12)19-16(21)10-22-20-17(18)13-4-2-3-5-13/h11-15H,2-10H2,1H3,(H2,18,20)(H,19,21). The van der Waals surface area contributed by atoms with Gasteiger partial charge in [-0.05, 0) is 56.8 Å². The minimum absolute atomic E-state index is 0.0292. The van der Waals surface area contributed by atoms with Crippen LogP contribution in [0.5, 0.6) is 0 Å². The fourth-order valence-corrected chi connectivity index (χ4v) is 4.77. The van der Waals surface area contributed by atoms with Gasteiger partial charge in [0.05, 0.1) is 0 Å². The summed E-state index contributed by atoms with van der Waals surface area (Å²) in [4.78, 5) is 17.1. The summed E-state index contributed by atoms with van der Waals surface area (Å²) in [5.74, 6) is 3.18. The Bertz CT molecular complexity index is 432. The van der Waals surface area contributed by atoms with Crippen molar-refractivity contribution in [3.05, 3.63) is 0 Å². The number of amides is 1. The van der Waals surface area contributed by atoms with Gasteiger partial charge < -0.3 is 15.9 Å². The summed E-state index contributed by atoms with van der Waals surface area (Å²) in [5, 5.41) is 7.00. The van der Waals surface area contributed by atoms with Gasteiger partial charge in [-0.25, -0.2) is 0 Å². The van der Waals surface area contributed by atoms with Crippen molar-refractivity contribution in [3.63, 3.8) is 0 Å². The molecule has 3 fully saturated rings. The van der Waals surface area contributed by atoms with Crippen molar-refractivity contribution in [2.75, 3.05) is 6.61 Å². The van der Waals surface area contributed by atoms with Crippen LogP contribution >= 0.6 is 0 Å². The molecule has 0 aliphatic heterocycles. The maximum absolute atomic E-state index is 12.0.